The van der Waals surface area contributed by atoms with Gasteiger partial charge < -0.3 is 4.79 Å². The van der Waals surface area contributed by atoms with Crippen molar-refractivity contribution in [3.8, 4) is 0 Å². The third kappa shape index (κ3) is 3.59. The second-order valence-electron chi connectivity index (χ2n) is 5.40. The van der Waals surface area contributed by atoms with Crippen LogP contribution in [0.15, 0.2) is 91.0 Å². The lowest BCUT2D eigenvalue weighted by molar-refractivity contribution is -0.105. The van der Waals surface area contributed by atoms with Gasteiger partial charge in [0, 0.05) is 6.16 Å². The fraction of sp³-hybridized carbons (Fsp3) is 0.0952. The van der Waals surface area contributed by atoms with Crippen LogP contribution in [0.4, 0.5) is 0 Å². The standard InChI is InChI=1S/C21H19OP.ClH/c22-16-17-23-21(18-10-4-1-5-11-18,19-12-6-2-7-13-19)20-14-8-3-9-15-20;/h1-16,23H,17H2;1H. The number of carbonyl (C=O) groups is 1. The lowest BCUT2D eigenvalue weighted by atomic mass is 9.84. The molecule has 0 bridgehead atoms. The van der Waals surface area contributed by atoms with Crippen molar-refractivity contribution in [2.45, 2.75) is 5.16 Å². The normalized spacial score (nSPS) is 11.2. The molecule has 0 aliphatic rings. The third-order valence-electron chi connectivity index (χ3n) is 4.07. The van der Waals surface area contributed by atoms with Gasteiger partial charge in [0.25, 0.3) is 0 Å². The number of aldehydes is 1. The molecule has 0 radical (unpaired) electrons. The molecule has 24 heavy (non-hydrogen) atoms. The molecule has 0 fully saturated rings. The lowest BCUT2D eigenvalue weighted by Crippen LogP contribution is -2.24. The van der Waals surface area contributed by atoms with E-state index in [1.807, 2.05) is 18.2 Å². The van der Waals surface area contributed by atoms with Crippen LogP contribution in [0.2, 0.25) is 0 Å². The quantitative estimate of drug-likeness (QED) is 0.334. The van der Waals surface area contributed by atoms with Crippen molar-refractivity contribution in [2.24, 2.45) is 0 Å². The molecule has 3 aromatic carbocycles. The van der Waals surface area contributed by atoms with Gasteiger partial charge in [-0.1, -0.05) is 99.6 Å². The van der Waals surface area contributed by atoms with E-state index < -0.39 is 0 Å². The number of halogens is 1. The minimum atomic E-state index is -0.273. The molecule has 0 amide bonds. The highest BCUT2D eigenvalue weighted by molar-refractivity contribution is 7.41. The summed E-state index contributed by atoms with van der Waals surface area (Å²) in [6.07, 6.45) is 1.58. The zero-order valence-corrected chi connectivity index (χ0v) is 15.1. The molecule has 3 aromatic rings. The second-order valence-corrected chi connectivity index (χ2v) is 6.91. The van der Waals surface area contributed by atoms with Crippen molar-refractivity contribution in [3.63, 3.8) is 0 Å². The predicted octanol–water partition coefficient (Wildman–Crippen LogP) is 5.28. The van der Waals surface area contributed by atoms with Gasteiger partial charge in [-0.15, -0.1) is 12.4 Å². The van der Waals surface area contributed by atoms with Gasteiger partial charge in [-0.25, -0.2) is 0 Å². The summed E-state index contributed by atoms with van der Waals surface area (Å²) in [6, 6.07) is 31.5. The minimum Gasteiger partial charge on any atom is -0.303 e. The molecule has 0 saturated carbocycles. The molecule has 1 nitrogen and oxygen atoms in total. The molecule has 0 N–H and O–H groups in total. The van der Waals surface area contributed by atoms with Crippen molar-refractivity contribution >= 4 is 27.3 Å². The van der Waals surface area contributed by atoms with Gasteiger partial charge in [-0.05, 0) is 16.7 Å². The van der Waals surface area contributed by atoms with E-state index in [2.05, 4.69) is 72.8 Å². The first-order valence-electron chi connectivity index (χ1n) is 7.73. The Kier molecular flexibility index (Phi) is 6.73. The van der Waals surface area contributed by atoms with E-state index in [0.717, 1.165) is 6.29 Å². The number of rotatable bonds is 6. The van der Waals surface area contributed by atoms with E-state index >= 15 is 0 Å². The molecule has 3 heteroatoms. The first kappa shape index (κ1) is 18.4. The molecule has 0 aromatic heterocycles. The van der Waals surface area contributed by atoms with Gasteiger partial charge in [0.05, 0.1) is 5.16 Å². The summed E-state index contributed by atoms with van der Waals surface area (Å²) in [5.41, 5.74) is 3.70. The minimum absolute atomic E-state index is 0. The summed E-state index contributed by atoms with van der Waals surface area (Å²) in [7, 11) is 0.458. The summed E-state index contributed by atoms with van der Waals surface area (Å²) in [5.74, 6) is 0. The lowest BCUT2D eigenvalue weighted by Gasteiger charge is -2.35. The maximum Gasteiger partial charge on any atom is 0.124 e. The largest absolute Gasteiger partial charge is 0.303 e. The maximum absolute atomic E-state index is 11.2. The fourth-order valence-electron chi connectivity index (χ4n) is 3.07. The van der Waals surface area contributed by atoms with Gasteiger partial charge >= 0.3 is 0 Å². The van der Waals surface area contributed by atoms with Crippen molar-refractivity contribution < 1.29 is 4.79 Å². The van der Waals surface area contributed by atoms with E-state index in [9.17, 15) is 4.79 Å². The molecule has 0 aliphatic heterocycles. The van der Waals surface area contributed by atoms with Gasteiger partial charge in [0.1, 0.15) is 6.29 Å². The summed E-state index contributed by atoms with van der Waals surface area (Å²) in [6.45, 7) is 0. The highest BCUT2D eigenvalue weighted by atomic mass is 35.5. The van der Waals surface area contributed by atoms with Crippen molar-refractivity contribution in [1.82, 2.24) is 0 Å². The Morgan fingerprint density at radius 2 is 1.00 bits per heavy atom. The maximum atomic E-state index is 11.2. The van der Waals surface area contributed by atoms with Gasteiger partial charge in [-0.3, -0.25) is 0 Å². The SMILES string of the molecule is Cl.O=CCPC(c1ccccc1)(c1ccccc1)c1ccccc1. The molecule has 0 aliphatic carbocycles. The summed E-state index contributed by atoms with van der Waals surface area (Å²) in [4.78, 5) is 11.2. The Labute approximate surface area is 151 Å². The molecule has 0 spiro atoms. The first-order valence-corrected chi connectivity index (χ1v) is 8.94. The van der Waals surface area contributed by atoms with Crippen LogP contribution in [0, 0.1) is 0 Å². The van der Waals surface area contributed by atoms with Crippen LogP contribution in [0.5, 0.6) is 0 Å². The van der Waals surface area contributed by atoms with Crippen LogP contribution in [-0.4, -0.2) is 12.4 Å². The second kappa shape index (κ2) is 8.78. The zero-order chi connectivity index (χ0) is 16.0. The summed E-state index contributed by atoms with van der Waals surface area (Å²) < 4.78 is 0. The molecule has 122 valence electrons. The van der Waals surface area contributed by atoms with E-state index in [4.69, 9.17) is 0 Å². The van der Waals surface area contributed by atoms with Crippen LogP contribution in [0.25, 0.3) is 0 Å². The molecular formula is C21H20ClOP. The monoisotopic (exact) mass is 354 g/mol. The van der Waals surface area contributed by atoms with Crippen LogP contribution < -0.4 is 0 Å². The average Bonchev–Trinajstić information content (AvgIpc) is 2.65. The molecule has 1 atom stereocenters. The Balaban J connectivity index is 0.00000208. The van der Waals surface area contributed by atoms with Gasteiger partial charge in [-0.2, -0.15) is 0 Å². The summed E-state index contributed by atoms with van der Waals surface area (Å²) >= 11 is 0. The number of carbonyl (C=O) groups excluding carboxylic acids is 1. The Bertz CT molecular complexity index is 648. The average molecular weight is 355 g/mol. The van der Waals surface area contributed by atoms with Crippen molar-refractivity contribution in [3.05, 3.63) is 108 Å². The number of hydrogen-bond acceptors (Lipinski definition) is 1. The van der Waals surface area contributed by atoms with Crippen LogP contribution >= 0.6 is 21.0 Å². The number of hydrogen-bond donors (Lipinski definition) is 0. The fourth-order valence-corrected chi connectivity index (χ4v) is 4.57. The predicted molar refractivity (Wildman–Crippen MR) is 106 cm³/mol. The molecule has 3 rings (SSSR count). The Hall–Kier alpha value is -1.95. The highest BCUT2D eigenvalue weighted by Gasteiger charge is 2.35. The van der Waals surface area contributed by atoms with E-state index in [0.29, 0.717) is 14.7 Å². The van der Waals surface area contributed by atoms with Crippen molar-refractivity contribution in [2.75, 3.05) is 6.16 Å². The van der Waals surface area contributed by atoms with Crippen molar-refractivity contribution in [1.29, 1.82) is 0 Å². The van der Waals surface area contributed by atoms with Crippen LogP contribution in [0.1, 0.15) is 16.7 Å². The molecule has 0 saturated heterocycles. The van der Waals surface area contributed by atoms with E-state index in [-0.39, 0.29) is 17.6 Å². The third-order valence-corrected chi connectivity index (χ3v) is 5.84. The van der Waals surface area contributed by atoms with Gasteiger partial charge in [0.15, 0.2) is 0 Å². The van der Waals surface area contributed by atoms with Gasteiger partial charge in [0.2, 0.25) is 0 Å². The topological polar surface area (TPSA) is 17.1 Å². The smallest absolute Gasteiger partial charge is 0.124 e. The number of benzene rings is 3. The zero-order valence-electron chi connectivity index (χ0n) is 13.3. The molecular weight excluding hydrogens is 335 g/mol. The van der Waals surface area contributed by atoms with E-state index in [1.165, 1.54) is 16.7 Å². The highest BCUT2D eigenvalue weighted by Crippen LogP contribution is 2.51. The Morgan fingerprint density at radius 1 is 0.667 bits per heavy atom. The summed E-state index contributed by atoms with van der Waals surface area (Å²) in [5, 5.41) is -0.273. The van der Waals surface area contributed by atoms with Crippen LogP contribution in [-0.2, 0) is 9.95 Å². The van der Waals surface area contributed by atoms with E-state index in [1.54, 1.807) is 0 Å². The van der Waals surface area contributed by atoms with Crippen LogP contribution in [0.3, 0.4) is 0 Å². The molecule has 0 heterocycles. The Morgan fingerprint density at radius 3 is 1.29 bits per heavy atom. The molecule has 1 unspecified atom stereocenters. The first-order chi connectivity index (χ1) is 11.4.